The molecule has 17 heavy (non-hydrogen) atoms. The highest BCUT2D eigenvalue weighted by Crippen LogP contribution is 2.24. The second kappa shape index (κ2) is 7.33. The third-order valence-corrected chi connectivity index (χ3v) is 3.55. The van der Waals surface area contributed by atoms with Crippen molar-refractivity contribution in [2.45, 2.75) is 37.5 Å². The predicted molar refractivity (Wildman–Crippen MR) is 68.2 cm³/mol. The van der Waals surface area contributed by atoms with Crippen LogP contribution < -0.4 is 0 Å². The average Bonchev–Trinajstić information content (AvgIpc) is 2.30. The van der Waals surface area contributed by atoms with Gasteiger partial charge < -0.3 is 5.11 Å². The van der Waals surface area contributed by atoms with Gasteiger partial charge >= 0.3 is 5.97 Å². The van der Waals surface area contributed by atoms with E-state index in [-0.39, 0.29) is 11.4 Å². The number of unbranched alkanes of at least 4 members (excludes halogenated alkanes) is 3. The van der Waals surface area contributed by atoms with Crippen LogP contribution in [0.25, 0.3) is 0 Å². The maximum atomic E-state index is 13.4. The molecule has 1 N–H and O–H groups in total. The lowest BCUT2D eigenvalue weighted by Crippen LogP contribution is -1.97. The van der Waals surface area contributed by atoms with Gasteiger partial charge in [0.05, 0.1) is 5.56 Å². The summed E-state index contributed by atoms with van der Waals surface area (Å²) in [6, 6.07) is 3.92. The number of hydrogen-bond donors (Lipinski definition) is 1. The second-order valence-electron chi connectivity index (χ2n) is 3.86. The molecule has 0 radical (unpaired) electrons. The van der Waals surface area contributed by atoms with Crippen molar-refractivity contribution in [3.05, 3.63) is 29.6 Å². The van der Waals surface area contributed by atoms with E-state index in [1.165, 1.54) is 42.8 Å². The standard InChI is InChI=1S/C13H17FO2S/c1-2-3-4-5-8-17-12-9-10(13(15)16)6-7-11(12)14/h6-7,9H,2-5,8H2,1H3,(H,15,16). The Balaban J connectivity index is 2.51. The molecule has 0 aromatic heterocycles. The molecule has 0 heterocycles. The van der Waals surface area contributed by atoms with Crippen molar-refractivity contribution < 1.29 is 14.3 Å². The first-order chi connectivity index (χ1) is 8.15. The van der Waals surface area contributed by atoms with Crippen molar-refractivity contribution in [3.8, 4) is 0 Å². The van der Waals surface area contributed by atoms with Crippen molar-refractivity contribution in [3.63, 3.8) is 0 Å². The molecule has 0 aliphatic carbocycles. The molecule has 0 bridgehead atoms. The number of rotatable bonds is 7. The molecule has 0 fully saturated rings. The van der Waals surface area contributed by atoms with Gasteiger partial charge in [0.2, 0.25) is 0 Å². The number of hydrogen-bond acceptors (Lipinski definition) is 2. The van der Waals surface area contributed by atoms with E-state index in [1.54, 1.807) is 0 Å². The predicted octanol–water partition coefficient (Wildman–Crippen LogP) is 4.20. The number of aromatic carboxylic acids is 1. The lowest BCUT2D eigenvalue weighted by atomic mass is 10.2. The van der Waals surface area contributed by atoms with E-state index in [0.29, 0.717) is 4.90 Å². The Hall–Kier alpha value is -1.03. The number of benzene rings is 1. The summed E-state index contributed by atoms with van der Waals surface area (Å²) in [6.45, 7) is 2.14. The molecule has 0 atom stereocenters. The third-order valence-electron chi connectivity index (χ3n) is 2.43. The first-order valence-corrected chi connectivity index (χ1v) is 6.79. The number of carbonyl (C=O) groups is 1. The molecule has 0 saturated heterocycles. The van der Waals surface area contributed by atoms with Gasteiger partial charge in [-0.2, -0.15) is 0 Å². The van der Waals surface area contributed by atoms with Crippen molar-refractivity contribution >= 4 is 17.7 Å². The fourth-order valence-electron chi connectivity index (χ4n) is 1.46. The van der Waals surface area contributed by atoms with Crippen LogP contribution in [0.5, 0.6) is 0 Å². The maximum absolute atomic E-state index is 13.4. The maximum Gasteiger partial charge on any atom is 0.335 e. The van der Waals surface area contributed by atoms with E-state index in [2.05, 4.69) is 6.92 Å². The highest BCUT2D eigenvalue weighted by Gasteiger charge is 2.08. The Morgan fingerprint density at radius 2 is 2.12 bits per heavy atom. The molecule has 1 aromatic rings. The van der Waals surface area contributed by atoms with E-state index in [9.17, 15) is 9.18 Å². The normalized spacial score (nSPS) is 10.5. The minimum atomic E-state index is -1.02. The summed E-state index contributed by atoms with van der Waals surface area (Å²) < 4.78 is 13.4. The fraction of sp³-hybridized carbons (Fsp3) is 0.462. The van der Waals surface area contributed by atoms with Crippen LogP contribution in [-0.2, 0) is 0 Å². The summed E-state index contributed by atoms with van der Waals surface area (Å²) in [4.78, 5) is 11.2. The van der Waals surface area contributed by atoms with Crippen LogP contribution in [0.2, 0.25) is 0 Å². The van der Waals surface area contributed by atoms with Crippen molar-refractivity contribution in [1.29, 1.82) is 0 Å². The van der Waals surface area contributed by atoms with Crippen molar-refractivity contribution in [2.24, 2.45) is 0 Å². The molecule has 1 aromatic carbocycles. The third kappa shape index (κ3) is 4.77. The van der Waals surface area contributed by atoms with Gasteiger partial charge in [-0.25, -0.2) is 9.18 Å². The minimum absolute atomic E-state index is 0.141. The zero-order chi connectivity index (χ0) is 12.7. The van der Waals surface area contributed by atoms with Crippen LogP contribution in [0.15, 0.2) is 23.1 Å². The number of halogens is 1. The molecule has 4 heteroatoms. The van der Waals surface area contributed by atoms with Crippen LogP contribution in [0.3, 0.4) is 0 Å². The minimum Gasteiger partial charge on any atom is -0.478 e. The summed E-state index contributed by atoms with van der Waals surface area (Å²) in [5.74, 6) is -0.520. The van der Waals surface area contributed by atoms with Gasteiger partial charge in [0, 0.05) is 4.90 Å². The Bertz CT molecular complexity index is 380. The van der Waals surface area contributed by atoms with E-state index < -0.39 is 5.97 Å². The summed E-state index contributed by atoms with van der Waals surface area (Å²) in [5, 5.41) is 8.81. The smallest absolute Gasteiger partial charge is 0.335 e. The summed E-state index contributed by atoms with van der Waals surface area (Å²) in [7, 11) is 0. The highest BCUT2D eigenvalue weighted by molar-refractivity contribution is 7.99. The van der Waals surface area contributed by atoms with E-state index in [1.807, 2.05) is 0 Å². The Kier molecular flexibility index (Phi) is 6.05. The van der Waals surface area contributed by atoms with E-state index >= 15 is 0 Å². The zero-order valence-electron chi connectivity index (χ0n) is 9.91. The summed E-state index contributed by atoms with van der Waals surface area (Å²) >= 11 is 1.39. The highest BCUT2D eigenvalue weighted by atomic mass is 32.2. The molecule has 2 nitrogen and oxygen atoms in total. The summed E-state index contributed by atoms with van der Waals surface area (Å²) in [6.07, 6.45) is 4.55. The SMILES string of the molecule is CCCCCCSc1cc(C(=O)O)ccc1F. The zero-order valence-corrected chi connectivity index (χ0v) is 10.7. The van der Waals surface area contributed by atoms with Crippen molar-refractivity contribution in [2.75, 3.05) is 5.75 Å². The van der Waals surface area contributed by atoms with Gasteiger partial charge in [-0.3, -0.25) is 0 Å². The molecule has 94 valence electrons. The number of thioether (sulfide) groups is 1. The average molecular weight is 256 g/mol. The molecule has 0 amide bonds. The Morgan fingerprint density at radius 3 is 2.76 bits per heavy atom. The van der Waals surface area contributed by atoms with Gasteiger partial charge in [0.25, 0.3) is 0 Å². The van der Waals surface area contributed by atoms with E-state index in [4.69, 9.17) is 5.11 Å². The van der Waals surface area contributed by atoms with Gasteiger partial charge in [-0.05, 0) is 30.4 Å². The molecule has 0 saturated carbocycles. The van der Waals surface area contributed by atoms with Crippen LogP contribution in [-0.4, -0.2) is 16.8 Å². The molecule has 1 rings (SSSR count). The summed E-state index contributed by atoms with van der Waals surface area (Å²) in [5.41, 5.74) is 0.141. The quantitative estimate of drug-likeness (QED) is 0.587. The molecular weight excluding hydrogens is 239 g/mol. The van der Waals surface area contributed by atoms with Gasteiger partial charge in [0.1, 0.15) is 5.82 Å². The lowest BCUT2D eigenvalue weighted by Gasteiger charge is -2.04. The lowest BCUT2D eigenvalue weighted by molar-refractivity contribution is 0.0696. The monoisotopic (exact) mass is 256 g/mol. The number of carboxylic acid groups (broad SMARTS) is 1. The van der Waals surface area contributed by atoms with Crippen LogP contribution >= 0.6 is 11.8 Å². The largest absolute Gasteiger partial charge is 0.478 e. The molecular formula is C13H17FO2S. The first kappa shape index (κ1) is 14.0. The van der Waals surface area contributed by atoms with E-state index in [0.717, 1.165) is 18.6 Å². The topological polar surface area (TPSA) is 37.3 Å². The van der Waals surface area contributed by atoms with Crippen LogP contribution in [0.4, 0.5) is 4.39 Å². The van der Waals surface area contributed by atoms with Gasteiger partial charge in [-0.1, -0.05) is 26.2 Å². The Morgan fingerprint density at radius 1 is 1.35 bits per heavy atom. The fourth-order valence-corrected chi connectivity index (χ4v) is 2.44. The molecule has 0 aliphatic heterocycles. The van der Waals surface area contributed by atoms with Gasteiger partial charge in [0.15, 0.2) is 0 Å². The molecule has 0 spiro atoms. The molecule has 0 unspecified atom stereocenters. The second-order valence-corrected chi connectivity index (χ2v) is 5.00. The Labute approximate surface area is 105 Å². The molecule has 0 aliphatic rings. The van der Waals surface area contributed by atoms with Gasteiger partial charge in [-0.15, -0.1) is 11.8 Å². The van der Waals surface area contributed by atoms with Crippen LogP contribution in [0.1, 0.15) is 43.0 Å². The van der Waals surface area contributed by atoms with Crippen molar-refractivity contribution in [1.82, 2.24) is 0 Å². The van der Waals surface area contributed by atoms with Crippen LogP contribution in [0, 0.1) is 5.82 Å². The first-order valence-electron chi connectivity index (χ1n) is 5.80. The number of carboxylic acids is 1.